The van der Waals surface area contributed by atoms with Gasteiger partial charge < -0.3 is 0 Å². The van der Waals surface area contributed by atoms with E-state index in [4.69, 9.17) is 11.6 Å². The van der Waals surface area contributed by atoms with E-state index in [9.17, 15) is 14.9 Å². The maximum atomic E-state index is 12.1. The highest BCUT2D eigenvalue weighted by Crippen LogP contribution is 2.32. The first-order valence-corrected chi connectivity index (χ1v) is 8.07. The lowest BCUT2D eigenvalue weighted by Crippen LogP contribution is -2.09. The van der Waals surface area contributed by atoms with Gasteiger partial charge in [0.15, 0.2) is 5.13 Å². The molecule has 0 aliphatic rings. The van der Waals surface area contributed by atoms with Gasteiger partial charge >= 0.3 is 5.00 Å². The smallest absolute Gasteiger partial charge is 0.297 e. The third-order valence-corrected chi connectivity index (χ3v) is 5.04. The molecule has 9 heteroatoms. The number of halogens is 1. The molecular weight excluding hydrogens is 346 g/mol. The molecule has 2 aromatic heterocycles. The van der Waals surface area contributed by atoms with Crippen molar-refractivity contribution in [1.82, 2.24) is 4.98 Å². The molecule has 0 aliphatic heterocycles. The molecule has 0 atom stereocenters. The highest BCUT2D eigenvalue weighted by molar-refractivity contribution is 7.22. The fraction of sp³-hybridized carbons (Fsp3) is 0.0769. The Hall–Kier alpha value is -2.03. The molecule has 2 heterocycles. The van der Waals surface area contributed by atoms with Crippen LogP contribution in [-0.2, 0) is 0 Å². The third kappa shape index (κ3) is 2.80. The Morgan fingerprint density at radius 2 is 2.14 bits per heavy atom. The van der Waals surface area contributed by atoms with Crippen LogP contribution in [0.25, 0.3) is 10.2 Å². The van der Waals surface area contributed by atoms with Crippen molar-refractivity contribution in [2.75, 3.05) is 5.32 Å². The molecule has 1 amide bonds. The molecule has 0 spiro atoms. The Morgan fingerprint density at radius 1 is 1.36 bits per heavy atom. The van der Waals surface area contributed by atoms with Crippen molar-refractivity contribution in [3.8, 4) is 0 Å². The molecule has 1 N–H and O–H groups in total. The number of rotatable bonds is 3. The Kier molecular flexibility index (Phi) is 3.81. The summed E-state index contributed by atoms with van der Waals surface area (Å²) in [6.45, 7) is 1.89. The van der Waals surface area contributed by atoms with E-state index in [-0.39, 0.29) is 9.88 Å². The summed E-state index contributed by atoms with van der Waals surface area (Å²) in [5, 5.41) is 14.3. The average molecular weight is 354 g/mol. The predicted molar refractivity (Wildman–Crippen MR) is 88.3 cm³/mol. The maximum absolute atomic E-state index is 12.1. The molecule has 0 bridgehead atoms. The lowest BCUT2D eigenvalue weighted by Gasteiger charge is -1.96. The van der Waals surface area contributed by atoms with Crippen LogP contribution in [0.15, 0.2) is 24.3 Å². The van der Waals surface area contributed by atoms with Gasteiger partial charge in [0, 0.05) is 11.1 Å². The molecule has 3 aromatic rings. The van der Waals surface area contributed by atoms with Gasteiger partial charge in [-0.1, -0.05) is 34.3 Å². The number of amides is 1. The van der Waals surface area contributed by atoms with E-state index in [2.05, 4.69) is 10.3 Å². The molecule has 0 fully saturated rings. The van der Waals surface area contributed by atoms with Crippen LogP contribution >= 0.6 is 34.3 Å². The first kappa shape index (κ1) is 14.9. The highest BCUT2D eigenvalue weighted by Gasteiger charge is 2.17. The second kappa shape index (κ2) is 5.64. The van der Waals surface area contributed by atoms with E-state index in [0.29, 0.717) is 10.2 Å². The van der Waals surface area contributed by atoms with Crippen molar-refractivity contribution >= 4 is 60.5 Å². The molecule has 0 aliphatic carbocycles. The number of hydrogen-bond donors (Lipinski definition) is 1. The number of aryl methyl sites for hydroxylation is 1. The van der Waals surface area contributed by atoms with Crippen molar-refractivity contribution in [2.24, 2.45) is 0 Å². The van der Waals surface area contributed by atoms with Gasteiger partial charge in [-0.05, 0) is 30.7 Å². The average Bonchev–Trinajstić information content (AvgIpc) is 3.04. The van der Waals surface area contributed by atoms with Crippen molar-refractivity contribution in [3.63, 3.8) is 0 Å². The number of aromatic nitrogens is 1. The molecule has 3 rings (SSSR count). The molecule has 0 saturated heterocycles. The van der Waals surface area contributed by atoms with Gasteiger partial charge in [-0.2, -0.15) is 0 Å². The monoisotopic (exact) mass is 353 g/mol. The summed E-state index contributed by atoms with van der Waals surface area (Å²) >= 11 is 8.13. The number of nitrogens with one attached hydrogen (secondary N) is 1. The van der Waals surface area contributed by atoms with E-state index in [1.807, 2.05) is 6.92 Å². The topological polar surface area (TPSA) is 85.1 Å². The second-order valence-corrected chi connectivity index (χ2v) is 6.97. The molecule has 6 nitrogen and oxygen atoms in total. The third-order valence-electron chi connectivity index (χ3n) is 2.87. The van der Waals surface area contributed by atoms with Gasteiger partial charge in [-0.25, -0.2) is 4.98 Å². The van der Waals surface area contributed by atoms with E-state index >= 15 is 0 Å². The number of fused-ring (bicyclic) bond motifs is 1. The number of carbonyl (C=O) groups excluding carboxylic acids is 1. The zero-order chi connectivity index (χ0) is 15.9. The number of benzene rings is 1. The number of hydrogen-bond acceptors (Lipinski definition) is 6. The Labute approximate surface area is 137 Å². The fourth-order valence-corrected chi connectivity index (χ4v) is 3.95. The number of carbonyl (C=O) groups is 1. The van der Waals surface area contributed by atoms with Crippen LogP contribution in [0.4, 0.5) is 10.1 Å². The zero-order valence-electron chi connectivity index (χ0n) is 11.1. The number of nitrogens with zero attached hydrogens (tertiary/aromatic N) is 2. The normalized spacial score (nSPS) is 10.8. The SMILES string of the molecule is Cc1cc(Cl)cc2sc(NC(=O)c3ccc([N+](=O)[O-])s3)nc12. The Balaban J connectivity index is 1.87. The molecule has 1 aromatic carbocycles. The van der Waals surface area contributed by atoms with Crippen molar-refractivity contribution in [2.45, 2.75) is 6.92 Å². The molecule has 22 heavy (non-hydrogen) atoms. The van der Waals surface area contributed by atoms with Crippen LogP contribution < -0.4 is 5.32 Å². The van der Waals surface area contributed by atoms with Crippen LogP contribution in [0.2, 0.25) is 5.02 Å². The summed E-state index contributed by atoms with van der Waals surface area (Å²) in [4.78, 5) is 26.8. The summed E-state index contributed by atoms with van der Waals surface area (Å²) in [5.74, 6) is -0.416. The molecule has 112 valence electrons. The molecular formula is C13H8ClN3O3S2. The van der Waals surface area contributed by atoms with E-state index in [1.165, 1.54) is 23.5 Å². The van der Waals surface area contributed by atoms with Gasteiger partial charge in [0.2, 0.25) is 0 Å². The van der Waals surface area contributed by atoms with Gasteiger partial charge in [-0.15, -0.1) is 0 Å². The fourth-order valence-electron chi connectivity index (χ4n) is 1.91. The van der Waals surface area contributed by atoms with Crippen molar-refractivity contribution < 1.29 is 9.72 Å². The van der Waals surface area contributed by atoms with E-state index in [0.717, 1.165) is 27.1 Å². The zero-order valence-corrected chi connectivity index (χ0v) is 13.5. The lowest BCUT2D eigenvalue weighted by atomic mass is 10.2. The van der Waals surface area contributed by atoms with E-state index in [1.54, 1.807) is 12.1 Å². The quantitative estimate of drug-likeness (QED) is 0.555. The minimum absolute atomic E-state index is 0.0722. The van der Waals surface area contributed by atoms with Crippen LogP contribution in [-0.4, -0.2) is 15.8 Å². The minimum Gasteiger partial charge on any atom is -0.297 e. The van der Waals surface area contributed by atoms with Crippen LogP contribution in [0.5, 0.6) is 0 Å². The maximum Gasteiger partial charge on any atom is 0.324 e. The summed E-state index contributed by atoms with van der Waals surface area (Å²) in [6.07, 6.45) is 0. The largest absolute Gasteiger partial charge is 0.324 e. The van der Waals surface area contributed by atoms with Gasteiger partial charge in [-0.3, -0.25) is 20.2 Å². The van der Waals surface area contributed by atoms with Crippen molar-refractivity contribution in [1.29, 1.82) is 0 Å². The number of thiazole rings is 1. The summed E-state index contributed by atoms with van der Waals surface area (Å²) in [5.41, 5.74) is 1.70. The van der Waals surface area contributed by atoms with Gasteiger partial charge in [0.1, 0.15) is 0 Å². The van der Waals surface area contributed by atoms with Gasteiger partial charge in [0.25, 0.3) is 5.91 Å². The summed E-state index contributed by atoms with van der Waals surface area (Å²) in [7, 11) is 0. The number of anilines is 1. The predicted octanol–water partition coefficient (Wildman–Crippen LogP) is 4.48. The van der Waals surface area contributed by atoms with Crippen LogP contribution in [0.1, 0.15) is 15.2 Å². The summed E-state index contributed by atoms with van der Waals surface area (Å²) < 4.78 is 0.873. The van der Waals surface area contributed by atoms with Crippen LogP contribution in [0, 0.1) is 17.0 Å². The molecule has 0 radical (unpaired) electrons. The second-order valence-electron chi connectivity index (χ2n) is 4.44. The highest BCUT2D eigenvalue weighted by atomic mass is 35.5. The summed E-state index contributed by atoms with van der Waals surface area (Å²) in [6, 6.07) is 6.32. The number of thiophene rings is 1. The van der Waals surface area contributed by atoms with E-state index < -0.39 is 10.8 Å². The standard InChI is InChI=1S/C13H8ClN3O3S2/c1-6-4-7(14)5-9-11(6)15-13(22-9)16-12(18)8-2-3-10(21-8)17(19)20/h2-5H,1H3,(H,15,16,18). The molecule has 0 unspecified atom stereocenters. The molecule has 0 saturated carbocycles. The lowest BCUT2D eigenvalue weighted by molar-refractivity contribution is -0.380. The number of nitro groups is 1. The first-order chi connectivity index (χ1) is 10.4. The minimum atomic E-state index is -0.523. The Bertz CT molecular complexity index is 903. The first-order valence-electron chi connectivity index (χ1n) is 6.06. The van der Waals surface area contributed by atoms with Crippen LogP contribution in [0.3, 0.4) is 0 Å². The Morgan fingerprint density at radius 3 is 2.82 bits per heavy atom. The van der Waals surface area contributed by atoms with Gasteiger partial charge in [0.05, 0.1) is 20.0 Å². The van der Waals surface area contributed by atoms with Crippen molar-refractivity contribution in [3.05, 3.63) is 49.8 Å².